The second kappa shape index (κ2) is 8.42. The zero-order chi connectivity index (χ0) is 21.5. The topological polar surface area (TPSA) is 73.8 Å². The van der Waals surface area contributed by atoms with Gasteiger partial charge in [-0.3, -0.25) is 9.69 Å². The first-order chi connectivity index (χ1) is 15.0. The summed E-state index contributed by atoms with van der Waals surface area (Å²) in [5, 5.41) is 0. The monoisotopic (exact) mass is 462 g/mol. The number of sulfonamides is 1. The Balaban J connectivity index is 1.30. The first-order valence-electron chi connectivity index (χ1n) is 11.3. The number of hydrogen-bond acceptors (Lipinski definition) is 6. The van der Waals surface area contributed by atoms with Crippen LogP contribution >= 0.6 is 11.3 Å². The Labute approximate surface area is 188 Å². The van der Waals surface area contributed by atoms with Crippen LogP contribution in [0.4, 0.5) is 0 Å². The van der Waals surface area contributed by atoms with Gasteiger partial charge in [-0.2, -0.15) is 4.31 Å². The van der Waals surface area contributed by atoms with E-state index in [2.05, 4.69) is 9.88 Å². The number of nitrogens with zero attached hydrogens (tertiary/aromatic N) is 4. The van der Waals surface area contributed by atoms with Gasteiger partial charge in [-0.1, -0.05) is 0 Å². The lowest BCUT2D eigenvalue weighted by Gasteiger charge is -2.48. The Morgan fingerprint density at radius 2 is 1.81 bits per heavy atom. The van der Waals surface area contributed by atoms with E-state index in [9.17, 15) is 13.2 Å². The fourth-order valence-electron chi connectivity index (χ4n) is 5.55. The Bertz CT molecular complexity index is 1060. The van der Waals surface area contributed by atoms with Crippen molar-refractivity contribution in [3.63, 3.8) is 0 Å². The quantitative estimate of drug-likeness (QED) is 0.699. The molecule has 0 bridgehead atoms. The van der Waals surface area contributed by atoms with Crippen LogP contribution in [0.25, 0.3) is 10.2 Å². The van der Waals surface area contributed by atoms with Crippen LogP contribution in [0, 0.1) is 5.41 Å². The van der Waals surface area contributed by atoms with Gasteiger partial charge in [-0.05, 0) is 68.7 Å². The Kier molecular flexibility index (Phi) is 5.79. The number of carbonyl (C=O) groups is 1. The lowest BCUT2D eigenvalue weighted by Crippen LogP contribution is -2.54. The standard InChI is InChI=1S/C22H30N4O3S2/c27-21(25-10-1-2-11-25)14-24-9-3-7-22(15-24)8-4-12-26(16-22)31(28,29)18-5-6-19-20(13-18)30-17-23-19/h5-6,13,17H,1-4,7-12,14-16H2. The number of hydrogen-bond donors (Lipinski definition) is 0. The van der Waals surface area contributed by atoms with Crippen molar-refractivity contribution >= 4 is 37.5 Å². The van der Waals surface area contributed by atoms with Crippen LogP contribution < -0.4 is 0 Å². The van der Waals surface area contributed by atoms with Crippen LogP contribution in [0.15, 0.2) is 28.6 Å². The van der Waals surface area contributed by atoms with E-state index in [1.54, 1.807) is 28.0 Å². The van der Waals surface area contributed by atoms with Crippen molar-refractivity contribution in [1.82, 2.24) is 19.1 Å². The van der Waals surface area contributed by atoms with Crippen molar-refractivity contribution in [1.29, 1.82) is 0 Å². The summed E-state index contributed by atoms with van der Waals surface area (Å²) in [7, 11) is -3.54. The molecule has 3 aliphatic rings. The Hall–Kier alpha value is -1.55. The highest BCUT2D eigenvalue weighted by Gasteiger charge is 2.43. The van der Waals surface area contributed by atoms with E-state index in [0.717, 1.165) is 74.9 Å². The van der Waals surface area contributed by atoms with Crippen LogP contribution in [0.2, 0.25) is 0 Å². The molecule has 3 fully saturated rings. The van der Waals surface area contributed by atoms with E-state index in [1.807, 2.05) is 4.90 Å². The minimum Gasteiger partial charge on any atom is -0.342 e. The molecule has 3 saturated heterocycles. The largest absolute Gasteiger partial charge is 0.342 e. The van der Waals surface area contributed by atoms with Gasteiger partial charge in [0.05, 0.1) is 27.2 Å². The number of rotatable bonds is 4. The number of benzene rings is 1. The summed E-state index contributed by atoms with van der Waals surface area (Å²) in [6.45, 7) is 5.09. The average molecular weight is 463 g/mol. The highest BCUT2D eigenvalue weighted by atomic mass is 32.2. The Morgan fingerprint density at radius 1 is 1.03 bits per heavy atom. The first kappa shape index (κ1) is 21.3. The molecule has 31 heavy (non-hydrogen) atoms. The predicted molar refractivity (Wildman–Crippen MR) is 122 cm³/mol. The molecule has 168 valence electrons. The van der Waals surface area contributed by atoms with Crippen LogP contribution in [0.5, 0.6) is 0 Å². The molecule has 1 unspecified atom stereocenters. The molecule has 2 aromatic rings. The van der Waals surface area contributed by atoms with Crippen LogP contribution in [0.1, 0.15) is 38.5 Å². The third kappa shape index (κ3) is 4.25. The highest BCUT2D eigenvalue weighted by molar-refractivity contribution is 7.89. The van der Waals surface area contributed by atoms with Gasteiger partial charge in [-0.25, -0.2) is 13.4 Å². The molecule has 0 aliphatic carbocycles. The normalized spacial score (nSPS) is 26.1. The van der Waals surface area contributed by atoms with Gasteiger partial charge < -0.3 is 4.90 Å². The molecule has 1 amide bonds. The SMILES string of the molecule is O=C(CN1CCCC2(CCCN(S(=O)(=O)c3ccc4ncsc4c3)C2)C1)N1CCCC1. The number of likely N-dealkylation sites (tertiary alicyclic amines) is 2. The highest BCUT2D eigenvalue weighted by Crippen LogP contribution is 2.40. The van der Waals surface area contributed by atoms with E-state index < -0.39 is 10.0 Å². The second-order valence-electron chi connectivity index (χ2n) is 9.33. The van der Waals surface area contributed by atoms with Gasteiger partial charge >= 0.3 is 0 Å². The lowest BCUT2D eigenvalue weighted by molar-refractivity contribution is -0.132. The summed E-state index contributed by atoms with van der Waals surface area (Å²) in [6, 6.07) is 5.23. The maximum atomic E-state index is 13.4. The summed E-state index contributed by atoms with van der Waals surface area (Å²) < 4.78 is 29.5. The molecule has 0 N–H and O–H groups in total. The van der Waals surface area contributed by atoms with Gasteiger partial charge in [0, 0.05) is 32.7 Å². The number of aromatic nitrogens is 1. The van der Waals surface area contributed by atoms with Crippen molar-refractivity contribution in [2.75, 3.05) is 45.8 Å². The number of carbonyl (C=O) groups excluding carboxylic acids is 1. The maximum absolute atomic E-state index is 13.4. The molecule has 1 aromatic carbocycles. The van der Waals surface area contributed by atoms with Crippen molar-refractivity contribution in [3.8, 4) is 0 Å². The molecule has 9 heteroatoms. The van der Waals surface area contributed by atoms with E-state index in [1.165, 1.54) is 11.3 Å². The summed E-state index contributed by atoms with van der Waals surface area (Å²) in [5.74, 6) is 0.229. The molecule has 1 aromatic heterocycles. The first-order valence-corrected chi connectivity index (χ1v) is 13.6. The van der Waals surface area contributed by atoms with Crippen molar-refractivity contribution in [2.45, 2.75) is 43.4 Å². The predicted octanol–water partition coefficient (Wildman–Crippen LogP) is 2.79. The van der Waals surface area contributed by atoms with Crippen LogP contribution in [-0.2, 0) is 14.8 Å². The molecular weight excluding hydrogens is 432 g/mol. The molecule has 3 aliphatic heterocycles. The van der Waals surface area contributed by atoms with Crippen molar-refractivity contribution in [3.05, 3.63) is 23.7 Å². The minimum absolute atomic E-state index is 0.0521. The summed E-state index contributed by atoms with van der Waals surface area (Å²) >= 11 is 1.47. The number of fused-ring (bicyclic) bond motifs is 1. The third-order valence-electron chi connectivity index (χ3n) is 7.12. The third-order valence-corrected chi connectivity index (χ3v) is 9.76. The van der Waals surface area contributed by atoms with Gasteiger partial charge in [0.2, 0.25) is 15.9 Å². The second-order valence-corrected chi connectivity index (χ2v) is 12.2. The van der Waals surface area contributed by atoms with Gasteiger partial charge in [-0.15, -0.1) is 11.3 Å². The van der Waals surface area contributed by atoms with E-state index in [4.69, 9.17) is 0 Å². The molecule has 5 rings (SSSR count). The van der Waals surface area contributed by atoms with E-state index in [0.29, 0.717) is 24.5 Å². The maximum Gasteiger partial charge on any atom is 0.243 e. The van der Waals surface area contributed by atoms with Gasteiger partial charge in [0.25, 0.3) is 0 Å². The zero-order valence-corrected chi connectivity index (χ0v) is 19.5. The molecule has 4 heterocycles. The van der Waals surface area contributed by atoms with Gasteiger partial charge in [0.1, 0.15) is 0 Å². The molecule has 1 spiro atoms. The fourth-order valence-corrected chi connectivity index (χ4v) is 7.96. The molecule has 0 radical (unpaired) electrons. The van der Waals surface area contributed by atoms with Crippen LogP contribution in [0.3, 0.4) is 0 Å². The fraction of sp³-hybridized carbons (Fsp3) is 0.636. The summed E-state index contributed by atoms with van der Waals surface area (Å²) in [6.07, 6.45) is 6.16. The molecule has 1 atom stereocenters. The average Bonchev–Trinajstić information content (AvgIpc) is 3.45. The number of thiazole rings is 1. The van der Waals surface area contributed by atoms with E-state index in [-0.39, 0.29) is 11.3 Å². The summed E-state index contributed by atoms with van der Waals surface area (Å²) in [5.41, 5.74) is 2.53. The lowest BCUT2D eigenvalue weighted by atomic mass is 9.74. The van der Waals surface area contributed by atoms with Crippen LogP contribution in [-0.4, -0.2) is 79.2 Å². The number of piperidine rings is 2. The molecular formula is C22H30N4O3S2. The molecule has 7 nitrogen and oxygen atoms in total. The van der Waals surface area contributed by atoms with Crippen molar-refractivity contribution in [2.24, 2.45) is 5.41 Å². The smallest absolute Gasteiger partial charge is 0.243 e. The zero-order valence-electron chi connectivity index (χ0n) is 17.8. The van der Waals surface area contributed by atoms with Crippen molar-refractivity contribution < 1.29 is 13.2 Å². The number of amides is 1. The Morgan fingerprint density at radius 3 is 2.61 bits per heavy atom. The molecule has 0 saturated carbocycles. The van der Waals surface area contributed by atoms with E-state index >= 15 is 0 Å². The van der Waals surface area contributed by atoms with Gasteiger partial charge in [0.15, 0.2) is 0 Å². The summed E-state index contributed by atoms with van der Waals surface area (Å²) in [4.78, 5) is 21.5. The minimum atomic E-state index is -3.54.